The van der Waals surface area contributed by atoms with Crippen molar-refractivity contribution in [3.8, 4) is 5.75 Å². The first-order chi connectivity index (χ1) is 15.4. The molecule has 1 heterocycles. The Morgan fingerprint density at radius 3 is 2.53 bits per heavy atom. The average Bonchev–Trinajstić information content (AvgIpc) is 3.21. The van der Waals surface area contributed by atoms with Crippen molar-refractivity contribution in [2.24, 2.45) is 0 Å². The predicted molar refractivity (Wildman–Crippen MR) is 127 cm³/mol. The zero-order chi connectivity index (χ0) is 23.1. The highest BCUT2D eigenvalue weighted by Crippen LogP contribution is 2.29. The summed E-state index contributed by atoms with van der Waals surface area (Å²) in [5.74, 6) is 0.712. The number of rotatable bonds is 9. The molecule has 2 amide bonds. The van der Waals surface area contributed by atoms with E-state index >= 15 is 0 Å². The van der Waals surface area contributed by atoms with Gasteiger partial charge in [-0.2, -0.15) is 0 Å². The Morgan fingerprint density at radius 1 is 1.19 bits per heavy atom. The molecule has 3 N–H and O–H groups in total. The lowest BCUT2D eigenvalue weighted by molar-refractivity contribution is -0.383. The van der Waals surface area contributed by atoms with Gasteiger partial charge in [0.05, 0.1) is 11.0 Å². The largest absolute Gasteiger partial charge is 0.491 e. The van der Waals surface area contributed by atoms with Gasteiger partial charge in [-0.3, -0.25) is 15.0 Å². The zero-order valence-corrected chi connectivity index (χ0v) is 18.8. The van der Waals surface area contributed by atoms with E-state index in [4.69, 9.17) is 4.74 Å². The number of carbonyl (C=O) groups is 1. The topological polar surface area (TPSA) is 109 Å². The van der Waals surface area contributed by atoms with Gasteiger partial charge < -0.3 is 20.7 Å². The van der Waals surface area contributed by atoms with Gasteiger partial charge in [-0.1, -0.05) is 6.92 Å². The monoisotopic (exact) mass is 441 g/mol. The molecule has 1 aliphatic heterocycles. The van der Waals surface area contributed by atoms with Crippen molar-refractivity contribution in [3.05, 3.63) is 52.6 Å². The molecule has 0 radical (unpaired) electrons. The SMILES string of the molecule is CCN1CCCC1CNc1ccc(NC(=O)Nc2ccc(OC(C)C)cc2)cc1[N+](=O)[O-]. The van der Waals surface area contributed by atoms with Crippen molar-refractivity contribution in [2.45, 2.75) is 45.8 Å². The molecule has 0 aromatic heterocycles. The fraction of sp³-hybridized carbons (Fsp3) is 0.435. The van der Waals surface area contributed by atoms with Gasteiger partial charge in [-0.15, -0.1) is 0 Å². The van der Waals surface area contributed by atoms with Crippen LogP contribution in [0.15, 0.2) is 42.5 Å². The number of benzene rings is 2. The van der Waals surface area contributed by atoms with Crippen LogP contribution in [-0.4, -0.2) is 47.6 Å². The Hall–Kier alpha value is -3.33. The number of hydrogen-bond acceptors (Lipinski definition) is 6. The Balaban J connectivity index is 1.60. The fourth-order valence-corrected chi connectivity index (χ4v) is 3.86. The standard InChI is InChI=1S/C23H31N5O4/c1-4-27-13-5-6-19(27)15-24-21-12-9-18(14-22(21)28(30)31)26-23(29)25-17-7-10-20(11-8-17)32-16(2)3/h7-12,14,16,19,24H,4-6,13,15H2,1-3H3,(H2,25,26,29). The van der Waals surface area contributed by atoms with Crippen molar-refractivity contribution >= 4 is 28.8 Å². The molecule has 9 nitrogen and oxygen atoms in total. The highest BCUT2D eigenvalue weighted by atomic mass is 16.6. The number of nitro groups is 1. The van der Waals surface area contributed by atoms with Crippen molar-refractivity contribution in [1.82, 2.24) is 4.90 Å². The van der Waals surface area contributed by atoms with E-state index in [1.54, 1.807) is 36.4 Å². The number of likely N-dealkylation sites (N-methyl/N-ethyl adjacent to an activating group) is 1. The number of carbonyl (C=O) groups excluding carboxylic acids is 1. The molecule has 1 fully saturated rings. The van der Waals surface area contributed by atoms with E-state index in [-0.39, 0.29) is 11.8 Å². The quantitative estimate of drug-likeness (QED) is 0.376. The van der Waals surface area contributed by atoms with Crippen molar-refractivity contribution in [3.63, 3.8) is 0 Å². The smallest absolute Gasteiger partial charge is 0.323 e. The second kappa shape index (κ2) is 10.8. The average molecular weight is 442 g/mol. The summed E-state index contributed by atoms with van der Waals surface area (Å²) in [6.45, 7) is 8.69. The van der Waals surface area contributed by atoms with E-state index in [1.165, 1.54) is 6.07 Å². The number of nitrogens with one attached hydrogen (secondary N) is 3. The van der Waals surface area contributed by atoms with Gasteiger partial charge in [0.1, 0.15) is 11.4 Å². The first kappa shape index (κ1) is 23.3. The lowest BCUT2D eigenvalue weighted by Crippen LogP contribution is -2.34. The third kappa shape index (κ3) is 6.34. The number of nitrogens with zero attached hydrogens (tertiary/aromatic N) is 2. The first-order valence-electron chi connectivity index (χ1n) is 11.0. The molecule has 0 aliphatic carbocycles. The van der Waals surface area contributed by atoms with Crippen LogP contribution in [0, 0.1) is 10.1 Å². The summed E-state index contributed by atoms with van der Waals surface area (Å²) < 4.78 is 5.58. The third-order valence-corrected chi connectivity index (χ3v) is 5.37. The van der Waals surface area contributed by atoms with E-state index in [0.717, 1.165) is 25.9 Å². The molecule has 1 unspecified atom stereocenters. The van der Waals surface area contributed by atoms with Crippen LogP contribution >= 0.6 is 0 Å². The molecule has 9 heteroatoms. The molecular formula is C23H31N5O4. The van der Waals surface area contributed by atoms with Crippen LogP contribution in [0.1, 0.15) is 33.6 Å². The van der Waals surface area contributed by atoms with Crippen molar-refractivity contribution < 1.29 is 14.5 Å². The van der Waals surface area contributed by atoms with Crippen LogP contribution in [0.4, 0.5) is 27.5 Å². The van der Waals surface area contributed by atoms with Crippen LogP contribution in [0.3, 0.4) is 0 Å². The molecule has 0 spiro atoms. The maximum Gasteiger partial charge on any atom is 0.323 e. The van der Waals surface area contributed by atoms with Crippen molar-refractivity contribution in [2.75, 3.05) is 35.6 Å². The number of likely N-dealkylation sites (tertiary alicyclic amines) is 1. The van der Waals surface area contributed by atoms with E-state index in [0.29, 0.717) is 35.4 Å². The molecule has 1 aliphatic rings. The summed E-state index contributed by atoms with van der Waals surface area (Å²) >= 11 is 0. The highest BCUT2D eigenvalue weighted by Gasteiger charge is 2.24. The molecule has 1 saturated heterocycles. The molecule has 172 valence electrons. The summed E-state index contributed by atoms with van der Waals surface area (Å²) in [6.07, 6.45) is 2.29. The molecule has 2 aromatic rings. The fourth-order valence-electron chi connectivity index (χ4n) is 3.86. The van der Waals surface area contributed by atoms with Crippen LogP contribution in [0.25, 0.3) is 0 Å². The number of urea groups is 1. The molecule has 1 atom stereocenters. The summed E-state index contributed by atoms with van der Waals surface area (Å²) in [6, 6.07) is 11.6. The maximum absolute atomic E-state index is 12.3. The maximum atomic E-state index is 12.3. The van der Waals surface area contributed by atoms with Gasteiger partial charge in [-0.05, 0) is 76.2 Å². The summed E-state index contributed by atoms with van der Waals surface area (Å²) in [4.78, 5) is 25.9. The number of nitro benzene ring substituents is 1. The summed E-state index contributed by atoms with van der Waals surface area (Å²) in [5, 5.41) is 20.2. The van der Waals surface area contributed by atoms with Gasteiger partial charge >= 0.3 is 6.03 Å². The number of amides is 2. The Labute approximate surface area is 188 Å². The van der Waals surface area contributed by atoms with E-state index < -0.39 is 11.0 Å². The van der Waals surface area contributed by atoms with E-state index in [9.17, 15) is 14.9 Å². The van der Waals surface area contributed by atoms with Crippen LogP contribution in [0.2, 0.25) is 0 Å². The van der Waals surface area contributed by atoms with Gasteiger partial charge in [0.15, 0.2) is 0 Å². The molecular weight excluding hydrogens is 410 g/mol. The molecule has 3 rings (SSSR count). The zero-order valence-electron chi connectivity index (χ0n) is 18.8. The van der Waals surface area contributed by atoms with Gasteiger partial charge in [-0.25, -0.2) is 4.79 Å². The van der Waals surface area contributed by atoms with Crippen LogP contribution < -0.4 is 20.7 Å². The third-order valence-electron chi connectivity index (χ3n) is 5.37. The number of ether oxygens (including phenoxy) is 1. The Bertz CT molecular complexity index is 932. The van der Waals surface area contributed by atoms with Crippen LogP contribution in [-0.2, 0) is 0 Å². The van der Waals surface area contributed by atoms with Crippen molar-refractivity contribution in [1.29, 1.82) is 0 Å². The minimum Gasteiger partial charge on any atom is -0.491 e. The summed E-state index contributed by atoms with van der Waals surface area (Å²) in [5.41, 5.74) is 1.31. The minimum absolute atomic E-state index is 0.0640. The molecule has 32 heavy (non-hydrogen) atoms. The Morgan fingerprint density at radius 2 is 1.88 bits per heavy atom. The van der Waals surface area contributed by atoms with E-state index in [1.807, 2.05) is 13.8 Å². The van der Waals surface area contributed by atoms with Crippen LogP contribution in [0.5, 0.6) is 5.75 Å². The lowest BCUT2D eigenvalue weighted by atomic mass is 10.2. The number of hydrogen-bond donors (Lipinski definition) is 3. The predicted octanol–water partition coefficient (Wildman–Crippen LogP) is 4.92. The lowest BCUT2D eigenvalue weighted by Gasteiger charge is -2.23. The molecule has 2 aromatic carbocycles. The molecule has 0 saturated carbocycles. The molecule has 0 bridgehead atoms. The number of anilines is 3. The van der Waals surface area contributed by atoms with Gasteiger partial charge in [0, 0.05) is 30.0 Å². The highest BCUT2D eigenvalue weighted by molar-refractivity contribution is 6.00. The normalized spacial score (nSPS) is 16.1. The second-order valence-electron chi connectivity index (χ2n) is 8.06. The Kier molecular flexibility index (Phi) is 7.88. The van der Waals surface area contributed by atoms with E-state index in [2.05, 4.69) is 27.8 Å². The van der Waals surface area contributed by atoms with Gasteiger partial charge in [0.2, 0.25) is 0 Å². The first-order valence-corrected chi connectivity index (χ1v) is 11.0. The second-order valence-corrected chi connectivity index (χ2v) is 8.06. The summed E-state index contributed by atoms with van der Waals surface area (Å²) in [7, 11) is 0. The minimum atomic E-state index is -0.484. The van der Waals surface area contributed by atoms with Gasteiger partial charge in [0.25, 0.3) is 5.69 Å².